The van der Waals surface area contributed by atoms with Gasteiger partial charge in [-0.15, -0.1) is 0 Å². The fourth-order valence-electron chi connectivity index (χ4n) is 2.58. The molecule has 0 heterocycles. The van der Waals surface area contributed by atoms with Crippen molar-refractivity contribution in [2.75, 3.05) is 0 Å². The summed E-state index contributed by atoms with van der Waals surface area (Å²) in [6.07, 6.45) is 0.938. The maximum atomic E-state index is 13.9. The number of halogens is 3. The molecular formula is C18H21F3O2. The lowest BCUT2D eigenvalue weighted by molar-refractivity contribution is -0.00603. The highest BCUT2D eigenvalue weighted by molar-refractivity contribution is 5.97. The predicted molar refractivity (Wildman–Crippen MR) is 83.1 cm³/mol. The van der Waals surface area contributed by atoms with E-state index in [0.29, 0.717) is 11.1 Å². The van der Waals surface area contributed by atoms with Crippen LogP contribution in [0.3, 0.4) is 0 Å². The highest BCUT2D eigenvalue weighted by Gasteiger charge is 2.33. The molecule has 0 N–H and O–H groups in total. The third-order valence-corrected chi connectivity index (χ3v) is 3.76. The second kappa shape index (κ2) is 6.02. The summed E-state index contributed by atoms with van der Waals surface area (Å²) in [5, 5.41) is 0. The van der Waals surface area contributed by atoms with Crippen LogP contribution in [-0.4, -0.2) is 17.5 Å². The molecule has 0 saturated carbocycles. The molecule has 0 atom stereocenters. The SMILES string of the molecule is Cc1c(F)ccc(C2=CCC(F)(F)CC2)c1C(=O)OC(C)(C)C. The minimum Gasteiger partial charge on any atom is -0.456 e. The molecule has 1 aliphatic rings. The summed E-state index contributed by atoms with van der Waals surface area (Å²) < 4.78 is 45.9. The van der Waals surface area contributed by atoms with Crippen LogP contribution in [-0.2, 0) is 4.74 Å². The number of alkyl halides is 2. The Morgan fingerprint density at radius 1 is 1.26 bits per heavy atom. The summed E-state index contributed by atoms with van der Waals surface area (Å²) in [6.45, 7) is 6.66. The van der Waals surface area contributed by atoms with Gasteiger partial charge in [-0.2, -0.15) is 0 Å². The Bertz CT molecular complexity index is 655. The lowest BCUT2D eigenvalue weighted by Gasteiger charge is -2.25. The minimum atomic E-state index is -2.72. The average Bonchev–Trinajstić information content (AvgIpc) is 2.40. The molecule has 0 radical (unpaired) electrons. The highest BCUT2D eigenvalue weighted by atomic mass is 19.3. The average molecular weight is 326 g/mol. The summed E-state index contributed by atoms with van der Waals surface area (Å²) in [6, 6.07) is 2.73. The number of benzene rings is 1. The molecule has 1 aliphatic carbocycles. The van der Waals surface area contributed by atoms with Gasteiger partial charge < -0.3 is 4.74 Å². The molecule has 0 aromatic heterocycles. The second-order valence-electron chi connectivity index (χ2n) is 6.89. The first-order valence-corrected chi connectivity index (χ1v) is 7.60. The Labute approximate surface area is 134 Å². The number of hydrogen-bond donors (Lipinski definition) is 0. The summed E-state index contributed by atoms with van der Waals surface area (Å²) in [7, 11) is 0. The number of hydrogen-bond acceptors (Lipinski definition) is 2. The van der Waals surface area contributed by atoms with E-state index in [1.807, 2.05) is 0 Å². The number of carbonyl (C=O) groups excluding carboxylic acids is 1. The standard InChI is InChI=1S/C18H21F3O2/c1-11-14(19)6-5-13(12-7-9-18(20,21)10-8-12)15(11)16(22)23-17(2,3)4/h5-7H,8-10H2,1-4H3. The van der Waals surface area contributed by atoms with Gasteiger partial charge in [0, 0.05) is 12.8 Å². The molecule has 5 heteroatoms. The zero-order valence-corrected chi connectivity index (χ0v) is 13.8. The molecule has 2 rings (SSSR count). The summed E-state index contributed by atoms with van der Waals surface area (Å²) >= 11 is 0. The monoisotopic (exact) mass is 326 g/mol. The van der Waals surface area contributed by atoms with Gasteiger partial charge in [-0.3, -0.25) is 0 Å². The Morgan fingerprint density at radius 2 is 1.91 bits per heavy atom. The first-order valence-electron chi connectivity index (χ1n) is 7.60. The van der Waals surface area contributed by atoms with E-state index in [2.05, 4.69) is 0 Å². The molecule has 23 heavy (non-hydrogen) atoms. The molecule has 0 fully saturated rings. The third kappa shape index (κ3) is 4.15. The minimum absolute atomic E-state index is 0.122. The summed E-state index contributed by atoms with van der Waals surface area (Å²) in [5.41, 5.74) is 0.695. The van der Waals surface area contributed by atoms with Crippen LogP contribution in [0.2, 0.25) is 0 Å². The van der Waals surface area contributed by atoms with E-state index >= 15 is 0 Å². The van der Waals surface area contributed by atoms with Crippen LogP contribution in [0, 0.1) is 12.7 Å². The molecule has 126 valence electrons. The van der Waals surface area contributed by atoms with Crippen molar-refractivity contribution >= 4 is 11.5 Å². The third-order valence-electron chi connectivity index (χ3n) is 3.76. The molecular weight excluding hydrogens is 305 g/mol. The molecule has 2 nitrogen and oxygen atoms in total. The summed E-state index contributed by atoms with van der Waals surface area (Å²) in [4.78, 5) is 12.5. The van der Waals surface area contributed by atoms with E-state index in [-0.39, 0.29) is 30.4 Å². The van der Waals surface area contributed by atoms with Crippen LogP contribution >= 0.6 is 0 Å². The molecule has 1 aromatic rings. The van der Waals surface area contributed by atoms with E-state index in [0.717, 1.165) is 0 Å². The molecule has 0 aliphatic heterocycles. The van der Waals surface area contributed by atoms with Gasteiger partial charge in [0.1, 0.15) is 11.4 Å². The Balaban J connectivity index is 2.47. The molecule has 0 amide bonds. The van der Waals surface area contributed by atoms with Crippen molar-refractivity contribution in [3.63, 3.8) is 0 Å². The van der Waals surface area contributed by atoms with Gasteiger partial charge in [-0.25, -0.2) is 18.0 Å². The van der Waals surface area contributed by atoms with Crippen LogP contribution in [0.1, 0.15) is 61.5 Å². The van der Waals surface area contributed by atoms with Crippen LogP contribution in [0.15, 0.2) is 18.2 Å². The van der Waals surface area contributed by atoms with E-state index in [9.17, 15) is 18.0 Å². The van der Waals surface area contributed by atoms with Gasteiger partial charge in [-0.05, 0) is 56.9 Å². The number of esters is 1. The lowest BCUT2D eigenvalue weighted by atomic mass is 9.87. The number of carbonyl (C=O) groups is 1. The Hall–Kier alpha value is -1.78. The van der Waals surface area contributed by atoms with Gasteiger partial charge in [0.05, 0.1) is 5.56 Å². The van der Waals surface area contributed by atoms with Crippen LogP contribution in [0.25, 0.3) is 5.57 Å². The number of allylic oxidation sites excluding steroid dienone is 2. The van der Waals surface area contributed by atoms with E-state index in [4.69, 9.17) is 4.74 Å². The van der Waals surface area contributed by atoms with Gasteiger partial charge in [0.25, 0.3) is 5.92 Å². The van der Waals surface area contributed by atoms with Crippen molar-refractivity contribution < 1.29 is 22.7 Å². The molecule has 0 saturated heterocycles. The van der Waals surface area contributed by atoms with E-state index in [1.165, 1.54) is 25.1 Å². The van der Waals surface area contributed by atoms with Crippen molar-refractivity contribution in [1.82, 2.24) is 0 Å². The van der Waals surface area contributed by atoms with Crippen molar-refractivity contribution in [3.8, 4) is 0 Å². The fourth-order valence-corrected chi connectivity index (χ4v) is 2.58. The van der Waals surface area contributed by atoms with Crippen LogP contribution < -0.4 is 0 Å². The molecule has 1 aromatic carbocycles. The second-order valence-corrected chi connectivity index (χ2v) is 6.89. The van der Waals surface area contributed by atoms with Crippen molar-refractivity contribution in [2.24, 2.45) is 0 Å². The molecule has 0 spiro atoms. The van der Waals surface area contributed by atoms with Crippen LogP contribution in [0.4, 0.5) is 13.2 Å². The topological polar surface area (TPSA) is 26.3 Å². The van der Waals surface area contributed by atoms with Gasteiger partial charge in [-0.1, -0.05) is 12.1 Å². The largest absolute Gasteiger partial charge is 0.456 e. The lowest BCUT2D eigenvalue weighted by Crippen LogP contribution is -2.26. The first-order chi connectivity index (χ1) is 10.5. The van der Waals surface area contributed by atoms with E-state index < -0.39 is 23.3 Å². The fraction of sp³-hybridized carbons (Fsp3) is 0.500. The maximum Gasteiger partial charge on any atom is 0.339 e. The number of ether oxygens (including phenoxy) is 1. The van der Waals surface area contributed by atoms with Gasteiger partial charge >= 0.3 is 5.97 Å². The van der Waals surface area contributed by atoms with Gasteiger partial charge in [0.15, 0.2) is 0 Å². The first kappa shape index (κ1) is 17.6. The van der Waals surface area contributed by atoms with E-state index in [1.54, 1.807) is 20.8 Å². The smallest absolute Gasteiger partial charge is 0.339 e. The predicted octanol–water partition coefficient (Wildman–Crippen LogP) is 5.29. The Morgan fingerprint density at radius 3 is 2.43 bits per heavy atom. The highest BCUT2D eigenvalue weighted by Crippen LogP contribution is 2.38. The van der Waals surface area contributed by atoms with Crippen LogP contribution in [0.5, 0.6) is 0 Å². The van der Waals surface area contributed by atoms with Crippen molar-refractivity contribution in [2.45, 2.75) is 58.5 Å². The maximum absolute atomic E-state index is 13.9. The molecule has 0 bridgehead atoms. The quantitative estimate of drug-likeness (QED) is 0.690. The zero-order valence-electron chi connectivity index (χ0n) is 13.8. The molecule has 0 unspecified atom stereocenters. The summed E-state index contributed by atoms with van der Waals surface area (Å²) in [5.74, 6) is -3.87. The number of rotatable bonds is 2. The zero-order chi connectivity index (χ0) is 17.4. The Kier molecular flexibility index (Phi) is 4.60. The van der Waals surface area contributed by atoms with Gasteiger partial charge in [0.2, 0.25) is 0 Å². The van der Waals surface area contributed by atoms with Crippen molar-refractivity contribution in [1.29, 1.82) is 0 Å². The normalized spacial score (nSPS) is 17.6. The van der Waals surface area contributed by atoms with Crippen molar-refractivity contribution in [3.05, 3.63) is 40.7 Å².